The van der Waals surface area contributed by atoms with E-state index in [1.165, 1.54) is 37.4 Å². The largest absolute Gasteiger partial charge is 0.244 e. The van der Waals surface area contributed by atoms with E-state index in [-0.39, 0.29) is 17.9 Å². The molecule has 2 aromatic rings. The van der Waals surface area contributed by atoms with Crippen LogP contribution in [0, 0.1) is 0 Å². The van der Waals surface area contributed by atoms with Gasteiger partial charge in [0.05, 0.1) is 11.5 Å². The van der Waals surface area contributed by atoms with Crippen molar-refractivity contribution in [3.63, 3.8) is 0 Å². The highest BCUT2D eigenvalue weighted by Crippen LogP contribution is 2.03. The van der Waals surface area contributed by atoms with E-state index in [4.69, 9.17) is 0 Å². The first-order valence-corrected chi connectivity index (χ1v) is 8.56. The molecule has 0 aromatic carbocycles. The Morgan fingerprint density at radius 1 is 0.789 bits per heavy atom. The third-order valence-corrected chi connectivity index (χ3v) is 5.73. The monoisotopic (exact) mass is 304 g/mol. The number of nitrogens with zero attached hydrogens (tertiary/aromatic N) is 4. The second-order valence-electron chi connectivity index (χ2n) is 3.77. The lowest BCUT2D eigenvalue weighted by Gasteiger charge is -2.06. The van der Waals surface area contributed by atoms with Crippen LogP contribution in [0.25, 0.3) is 0 Å². The fourth-order valence-corrected chi connectivity index (χ4v) is 3.96. The lowest BCUT2D eigenvalue weighted by molar-refractivity contribution is 0.580. The molecule has 104 valence electrons. The Morgan fingerprint density at radius 2 is 1.21 bits per heavy atom. The summed E-state index contributed by atoms with van der Waals surface area (Å²) in [5.74, 6) is -0.533. The number of hydrogen-bond donors (Lipinski definition) is 0. The number of hydrogen-bond acceptors (Lipinski definition) is 6. The Morgan fingerprint density at radius 3 is 1.53 bits per heavy atom. The zero-order valence-corrected chi connectivity index (χ0v) is 11.5. The topological polar surface area (TPSA) is 104 Å². The van der Waals surface area contributed by atoms with E-state index >= 15 is 0 Å². The van der Waals surface area contributed by atoms with Crippen LogP contribution < -0.4 is 0 Å². The third kappa shape index (κ3) is 3.20. The van der Waals surface area contributed by atoms with Gasteiger partial charge in [-0.25, -0.2) is 34.7 Å². The first kappa shape index (κ1) is 13.7. The van der Waals surface area contributed by atoms with E-state index in [0.29, 0.717) is 0 Å². The Bertz CT molecular complexity index is 653. The van der Waals surface area contributed by atoms with E-state index in [1.807, 2.05) is 0 Å². The molecule has 0 N–H and O–H groups in total. The van der Waals surface area contributed by atoms with Crippen molar-refractivity contribution < 1.29 is 16.8 Å². The van der Waals surface area contributed by atoms with Crippen LogP contribution in [0.3, 0.4) is 0 Å². The normalized spacial score (nSPS) is 12.6. The molecule has 0 saturated carbocycles. The van der Waals surface area contributed by atoms with Crippen LogP contribution in [0.1, 0.15) is 6.42 Å². The maximum atomic E-state index is 11.8. The molecule has 0 spiro atoms. The van der Waals surface area contributed by atoms with Crippen LogP contribution in [0.4, 0.5) is 0 Å². The fraction of sp³-hybridized carbons (Fsp3) is 0.333. The summed E-state index contributed by atoms with van der Waals surface area (Å²) in [5.41, 5.74) is 0. The summed E-state index contributed by atoms with van der Waals surface area (Å²) < 4.78 is 49.0. The van der Waals surface area contributed by atoms with Crippen LogP contribution in [0.15, 0.2) is 37.4 Å². The molecule has 2 aromatic heterocycles. The van der Waals surface area contributed by atoms with Crippen molar-refractivity contribution >= 4 is 20.0 Å². The number of aromatic nitrogens is 4. The van der Waals surface area contributed by atoms with Crippen molar-refractivity contribution in [2.24, 2.45) is 0 Å². The van der Waals surface area contributed by atoms with Crippen LogP contribution in [0.2, 0.25) is 0 Å². The van der Waals surface area contributed by atoms with E-state index < -0.39 is 20.0 Å². The molecule has 2 rings (SSSR count). The minimum atomic E-state index is -3.54. The molecule has 2 heterocycles. The summed E-state index contributed by atoms with van der Waals surface area (Å²) in [6, 6.07) is 0. The van der Waals surface area contributed by atoms with Crippen molar-refractivity contribution in [1.82, 2.24) is 17.9 Å². The van der Waals surface area contributed by atoms with Crippen LogP contribution in [-0.2, 0) is 20.0 Å². The van der Waals surface area contributed by atoms with Gasteiger partial charge in [-0.1, -0.05) is 0 Å². The minimum Gasteiger partial charge on any atom is -0.244 e. The quantitative estimate of drug-likeness (QED) is 0.714. The highest BCUT2D eigenvalue weighted by atomic mass is 32.2. The molecule has 0 amide bonds. The minimum absolute atomic E-state index is 0.00102. The average molecular weight is 304 g/mol. The molecular formula is C9H12N4O4S2. The Labute approximate surface area is 110 Å². The summed E-state index contributed by atoms with van der Waals surface area (Å²) in [7, 11) is -7.09. The van der Waals surface area contributed by atoms with E-state index in [9.17, 15) is 16.8 Å². The maximum absolute atomic E-state index is 11.8. The van der Waals surface area contributed by atoms with E-state index in [2.05, 4.69) is 9.97 Å². The van der Waals surface area contributed by atoms with Crippen molar-refractivity contribution in [1.29, 1.82) is 0 Å². The molecule has 0 unspecified atom stereocenters. The van der Waals surface area contributed by atoms with Gasteiger partial charge >= 0.3 is 0 Å². The van der Waals surface area contributed by atoms with Gasteiger partial charge in [0.15, 0.2) is 0 Å². The van der Waals surface area contributed by atoms with Gasteiger partial charge in [0.1, 0.15) is 12.7 Å². The van der Waals surface area contributed by atoms with Gasteiger partial charge in [0.25, 0.3) is 0 Å². The highest BCUT2D eigenvalue weighted by Gasteiger charge is 2.17. The van der Waals surface area contributed by atoms with Gasteiger partial charge in [0, 0.05) is 24.8 Å². The first-order valence-electron chi connectivity index (χ1n) is 5.34. The number of rotatable bonds is 6. The van der Waals surface area contributed by atoms with E-state index in [0.717, 1.165) is 7.94 Å². The predicted molar refractivity (Wildman–Crippen MR) is 67.4 cm³/mol. The van der Waals surface area contributed by atoms with Crippen LogP contribution in [-0.4, -0.2) is 46.3 Å². The van der Waals surface area contributed by atoms with E-state index in [1.54, 1.807) is 0 Å². The molecule has 8 nitrogen and oxygen atoms in total. The van der Waals surface area contributed by atoms with Gasteiger partial charge in [-0.05, 0) is 6.42 Å². The van der Waals surface area contributed by atoms with Gasteiger partial charge in [-0.15, -0.1) is 0 Å². The lowest BCUT2D eigenvalue weighted by atomic mass is 10.6. The highest BCUT2D eigenvalue weighted by molar-refractivity contribution is 7.90. The molecule has 10 heteroatoms. The molecule has 0 bridgehead atoms. The van der Waals surface area contributed by atoms with Gasteiger partial charge in [0.2, 0.25) is 20.0 Å². The summed E-state index contributed by atoms with van der Waals surface area (Å²) in [6.45, 7) is 0. The zero-order chi connectivity index (χ0) is 13.9. The molecule has 0 radical (unpaired) electrons. The third-order valence-electron chi connectivity index (χ3n) is 2.41. The summed E-state index contributed by atoms with van der Waals surface area (Å²) >= 11 is 0. The molecular weight excluding hydrogens is 292 g/mol. The van der Waals surface area contributed by atoms with Crippen LogP contribution in [0.5, 0.6) is 0 Å². The van der Waals surface area contributed by atoms with Gasteiger partial charge in [-0.2, -0.15) is 0 Å². The van der Waals surface area contributed by atoms with Crippen molar-refractivity contribution in [3.05, 3.63) is 37.4 Å². The Balaban J connectivity index is 1.98. The van der Waals surface area contributed by atoms with Crippen molar-refractivity contribution in [2.45, 2.75) is 6.42 Å². The smallest absolute Gasteiger partial charge is 0.239 e. The Hall–Kier alpha value is -1.68. The second kappa shape index (κ2) is 5.13. The molecule has 0 saturated heterocycles. The summed E-state index contributed by atoms with van der Waals surface area (Å²) in [5, 5.41) is 0. The molecule has 0 aliphatic rings. The van der Waals surface area contributed by atoms with Crippen molar-refractivity contribution in [3.8, 4) is 0 Å². The SMILES string of the molecule is O=S(=O)(CCCS(=O)(=O)n1ccnc1)n1ccnc1. The maximum Gasteiger partial charge on any atom is 0.239 e. The lowest BCUT2D eigenvalue weighted by Crippen LogP contribution is -2.20. The molecule has 19 heavy (non-hydrogen) atoms. The molecule has 0 aliphatic heterocycles. The number of imidazole rings is 2. The molecule has 0 aliphatic carbocycles. The molecule has 0 atom stereocenters. The van der Waals surface area contributed by atoms with Crippen molar-refractivity contribution in [2.75, 3.05) is 11.5 Å². The predicted octanol–water partition coefficient (Wildman–Crippen LogP) is -0.474. The van der Waals surface area contributed by atoms with Crippen LogP contribution >= 0.6 is 0 Å². The second-order valence-corrected chi connectivity index (χ2v) is 7.76. The average Bonchev–Trinajstić information content (AvgIpc) is 3.03. The van der Waals surface area contributed by atoms with Gasteiger partial charge in [-0.3, -0.25) is 0 Å². The fourth-order valence-electron chi connectivity index (χ4n) is 1.46. The Kier molecular flexibility index (Phi) is 3.71. The molecule has 0 fully saturated rings. The summed E-state index contributed by atoms with van der Waals surface area (Å²) in [6.07, 6.45) is 7.64. The van der Waals surface area contributed by atoms with Gasteiger partial charge < -0.3 is 0 Å². The zero-order valence-electron chi connectivity index (χ0n) is 9.82. The standard InChI is InChI=1S/C9H12N4O4S2/c14-18(15,12-4-2-10-8-12)6-1-7-19(16,17)13-5-3-11-9-13/h2-5,8-9H,1,6-7H2. The summed E-state index contributed by atoms with van der Waals surface area (Å²) in [4.78, 5) is 7.28. The first-order chi connectivity index (χ1) is 8.92.